The van der Waals surface area contributed by atoms with Crippen molar-refractivity contribution in [1.82, 2.24) is 19.8 Å². The summed E-state index contributed by atoms with van der Waals surface area (Å²) in [5.41, 5.74) is 11.1. The first kappa shape index (κ1) is 25.6. The summed E-state index contributed by atoms with van der Waals surface area (Å²) in [6.45, 7) is 5.13. The van der Waals surface area contributed by atoms with Crippen LogP contribution in [0.4, 0.5) is 11.8 Å². The van der Waals surface area contributed by atoms with Gasteiger partial charge in [0.15, 0.2) is 0 Å². The molecule has 3 aromatic carbocycles. The predicted octanol–water partition coefficient (Wildman–Crippen LogP) is 3.61. The smallest absolute Gasteiger partial charge is 0.254 e. The Kier molecular flexibility index (Phi) is 6.93. The van der Waals surface area contributed by atoms with Crippen LogP contribution in [0.1, 0.15) is 32.6 Å². The standard InChI is InChI=1S/C31H31N7O2/c1-36-12-14-37(15-13-36)29-26-9-8-23(17-27(26)34-31(33)35-29)30(39)38-11-10-25-24(19-38)6-3-7-28(25)40-20-22-5-2-4-21(16-22)18-32/h2-9,16-17H,10-15,19-20H2,1H3,(H2,33,34,35). The third-order valence-electron chi connectivity index (χ3n) is 7.70. The Morgan fingerprint density at radius 3 is 2.67 bits per heavy atom. The van der Waals surface area contributed by atoms with Gasteiger partial charge in [0.2, 0.25) is 5.95 Å². The van der Waals surface area contributed by atoms with Gasteiger partial charge >= 0.3 is 0 Å². The quantitative estimate of drug-likeness (QED) is 0.414. The average Bonchev–Trinajstić information content (AvgIpc) is 2.99. The van der Waals surface area contributed by atoms with E-state index in [2.05, 4.69) is 39.0 Å². The summed E-state index contributed by atoms with van der Waals surface area (Å²) < 4.78 is 6.15. The van der Waals surface area contributed by atoms with Gasteiger partial charge in [0.1, 0.15) is 18.2 Å². The number of rotatable bonds is 5. The molecule has 40 heavy (non-hydrogen) atoms. The maximum absolute atomic E-state index is 13.6. The number of hydrogen-bond acceptors (Lipinski definition) is 8. The van der Waals surface area contributed by atoms with E-state index < -0.39 is 0 Å². The van der Waals surface area contributed by atoms with Gasteiger partial charge in [-0.25, -0.2) is 4.98 Å². The molecule has 1 saturated heterocycles. The van der Waals surface area contributed by atoms with Gasteiger partial charge in [-0.15, -0.1) is 0 Å². The SMILES string of the molecule is CN1CCN(c2nc(N)nc3cc(C(=O)N4CCc5c(cccc5OCc5cccc(C#N)c5)C4)ccc23)CC1. The number of anilines is 2. The molecule has 1 fully saturated rings. The molecule has 0 aliphatic carbocycles. The van der Waals surface area contributed by atoms with Crippen LogP contribution in [0.2, 0.25) is 0 Å². The van der Waals surface area contributed by atoms with Crippen LogP contribution in [0, 0.1) is 11.3 Å². The van der Waals surface area contributed by atoms with Crippen molar-refractivity contribution in [1.29, 1.82) is 5.26 Å². The summed E-state index contributed by atoms with van der Waals surface area (Å²) >= 11 is 0. The second-order valence-electron chi connectivity index (χ2n) is 10.4. The van der Waals surface area contributed by atoms with Crippen LogP contribution in [0.3, 0.4) is 0 Å². The zero-order chi connectivity index (χ0) is 27.6. The van der Waals surface area contributed by atoms with Crippen molar-refractivity contribution in [3.63, 3.8) is 0 Å². The van der Waals surface area contributed by atoms with Crippen LogP contribution in [0.15, 0.2) is 60.7 Å². The van der Waals surface area contributed by atoms with Gasteiger partial charge in [-0.3, -0.25) is 4.79 Å². The summed E-state index contributed by atoms with van der Waals surface area (Å²) in [7, 11) is 2.12. The Bertz CT molecular complexity index is 1620. The first-order chi connectivity index (χ1) is 19.5. The number of nitrogens with two attached hydrogens (primary N) is 1. The van der Waals surface area contributed by atoms with E-state index in [1.54, 1.807) is 6.07 Å². The van der Waals surface area contributed by atoms with Crippen molar-refractivity contribution in [3.8, 4) is 11.8 Å². The second kappa shape index (κ2) is 10.8. The number of piperazine rings is 1. The fraction of sp³-hybridized carbons (Fsp3) is 0.290. The van der Waals surface area contributed by atoms with Crippen LogP contribution in [-0.4, -0.2) is 65.4 Å². The molecule has 9 nitrogen and oxygen atoms in total. The number of nitrogen functional groups attached to an aromatic ring is 1. The highest BCUT2D eigenvalue weighted by Gasteiger charge is 2.25. The Balaban J connectivity index is 1.19. The van der Waals surface area contributed by atoms with E-state index in [-0.39, 0.29) is 11.9 Å². The summed E-state index contributed by atoms with van der Waals surface area (Å²) in [4.78, 5) is 29.0. The minimum Gasteiger partial charge on any atom is -0.489 e. The van der Waals surface area contributed by atoms with Crippen LogP contribution in [-0.2, 0) is 19.6 Å². The van der Waals surface area contributed by atoms with E-state index in [0.717, 1.165) is 59.8 Å². The molecule has 9 heteroatoms. The second-order valence-corrected chi connectivity index (χ2v) is 10.4. The van der Waals surface area contributed by atoms with Crippen molar-refractivity contribution in [2.45, 2.75) is 19.6 Å². The number of nitrogens with zero attached hydrogens (tertiary/aromatic N) is 6. The molecular formula is C31H31N7O2. The molecule has 3 heterocycles. The lowest BCUT2D eigenvalue weighted by Gasteiger charge is -2.33. The van der Waals surface area contributed by atoms with Gasteiger partial charge in [-0.1, -0.05) is 24.3 Å². The zero-order valence-electron chi connectivity index (χ0n) is 22.5. The summed E-state index contributed by atoms with van der Waals surface area (Å²) in [5.74, 6) is 1.82. The van der Waals surface area contributed by atoms with Crippen molar-refractivity contribution in [2.75, 3.05) is 50.4 Å². The molecule has 2 N–H and O–H groups in total. The van der Waals surface area contributed by atoms with E-state index in [1.165, 1.54) is 0 Å². The molecule has 4 aromatic rings. The number of nitriles is 1. The zero-order valence-corrected chi connectivity index (χ0v) is 22.5. The number of aromatic nitrogens is 2. The lowest BCUT2D eigenvalue weighted by atomic mass is 9.98. The van der Waals surface area contributed by atoms with E-state index in [0.29, 0.717) is 42.8 Å². The van der Waals surface area contributed by atoms with Gasteiger partial charge < -0.3 is 25.2 Å². The number of ether oxygens (including phenoxy) is 1. The van der Waals surface area contributed by atoms with E-state index >= 15 is 0 Å². The predicted molar refractivity (Wildman–Crippen MR) is 154 cm³/mol. The molecule has 2 aliphatic rings. The highest BCUT2D eigenvalue weighted by Crippen LogP contribution is 2.31. The largest absolute Gasteiger partial charge is 0.489 e. The molecule has 0 spiro atoms. The molecule has 0 radical (unpaired) electrons. The normalized spacial score (nSPS) is 15.5. The van der Waals surface area contributed by atoms with E-state index in [1.807, 2.05) is 53.4 Å². The minimum absolute atomic E-state index is 0.0366. The molecule has 6 rings (SSSR count). The number of benzene rings is 3. The van der Waals surface area contributed by atoms with Crippen molar-refractivity contribution in [3.05, 3.63) is 88.5 Å². The monoisotopic (exact) mass is 533 g/mol. The molecule has 2 aliphatic heterocycles. The summed E-state index contributed by atoms with van der Waals surface area (Å²) in [5, 5.41) is 10.1. The summed E-state index contributed by atoms with van der Waals surface area (Å²) in [6, 6.07) is 21.2. The number of likely N-dealkylation sites (N-methyl/N-ethyl adjacent to an activating group) is 1. The van der Waals surface area contributed by atoms with Crippen LogP contribution in [0.25, 0.3) is 10.9 Å². The van der Waals surface area contributed by atoms with Gasteiger partial charge in [0, 0.05) is 55.8 Å². The molecule has 1 amide bonds. The molecule has 0 unspecified atom stereocenters. The lowest BCUT2D eigenvalue weighted by Crippen LogP contribution is -2.45. The number of hydrogen-bond donors (Lipinski definition) is 1. The van der Waals surface area contributed by atoms with Crippen LogP contribution < -0.4 is 15.4 Å². The highest BCUT2D eigenvalue weighted by molar-refractivity contribution is 6.00. The Morgan fingerprint density at radius 2 is 1.85 bits per heavy atom. The average molecular weight is 534 g/mol. The number of carbonyl (C=O) groups excluding carboxylic acids is 1. The van der Waals surface area contributed by atoms with Crippen LogP contribution >= 0.6 is 0 Å². The molecule has 0 atom stereocenters. The Hall–Kier alpha value is -4.68. The number of carbonyl (C=O) groups is 1. The number of fused-ring (bicyclic) bond motifs is 2. The number of amides is 1. The summed E-state index contributed by atoms with van der Waals surface area (Å²) in [6.07, 6.45) is 0.700. The van der Waals surface area contributed by atoms with Crippen molar-refractivity contribution >= 4 is 28.6 Å². The third kappa shape index (κ3) is 5.14. The van der Waals surface area contributed by atoms with Gasteiger partial charge in [0.05, 0.1) is 17.1 Å². The van der Waals surface area contributed by atoms with Gasteiger partial charge in [-0.05, 0) is 61.0 Å². The van der Waals surface area contributed by atoms with Gasteiger partial charge in [0.25, 0.3) is 5.91 Å². The lowest BCUT2D eigenvalue weighted by molar-refractivity contribution is 0.0733. The Morgan fingerprint density at radius 1 is 1.02 bits per heavy atom. The van der Waals surface area contributed by atoms with Crippen molar-refractivity contribution in [2.24, 2.45) is 0 Å². The third-order valence-corrected chi connectivity index (χ3v) is 7.70. The van der Waals surface area contributed by atoms with Crippen LogP contribution in [0.5, 0.6) is 5.75 Å². The maximum atomic E-state index is 13.6. The molecule has 0 bridgehead atoms. The first-order valence-electron chi connectivity index (χ1n) is 13.5. The first-order valence-corrected chi connectivity index (χ1v) is 13.5. The molecule has 202 valence electrons. The Labute approximate surface area is 233 Å². The maximum Gasteiger partial charge on any atom is 0.254 e. The molecule has 0 saturated carbocycles. The fourth-order valence-corrected chi connectivity index (χ4v) is 5.48. The molecular weight excluding hydrogens is 502 g/mol. The fourth-order valence-electron chi connectivity index (χ4n) is 5.48. The van der Waals surface area contributed by atoms with E-state index in [4.69, 9.17) is 15.7 Å². The minimum atomic E-state index is -0.0366. The van der Waals surface area contributed by atoms with E-state index in [9.17, 15) is 4.79 Å². The van der Waals surface area contributed by atoms with Crippen molar-refractivity contribution < 1.29 is 9.53 Å². The molecule has 1 aromatic heterocycles. The van der Waals surface area contributed by atoms with Gasteiger partial charge in [-0.2, -0.15) is 10.2 Å². The topological polar surface area (TPSA) is 112 Å². The highest BCUT2D eigenvalue weighted by atomic mass is 16.5.